The molecule has 0 fully saturated rings. The van der Waals surface area contributed by atoms with Crippen molar-refractivity contribution in [1.29, 1.82) is 0 Å². The summed E-state index contributed by atoms with van der Waals surface area (Å²) < 4.78 is 13.4. The van der Waals surface area contributed by atoms with Crippen molar-refractivity contribution in [2.75, 3.05) is 25.5 Å². The fraction of sp³-hybridized carbons (Fsp3) is 0.364. The van der Waals surface area contributed by atoms with Crippen molar-refractivity contribution in [2.45, 2.75) is 6.92 Å². The number of rotatable bonds is 3. The van der Waals surface area contributed by atoms with Crippen LogP contribution in [0.5, 0.6) is 0 Å². The largest absolute Gasteiger partial charge is 0.329 e. The molecule has 0 spiro atoms. The van der Waals surface area contributed by atoms with Crippen LogP contribution in [0.15, 0.2) is 18.2 Å². The molecule has 3 N–H and O–H groups in total. The second-order valence-electron chi connectivity index (χ2n) is 3.62. The normalized spacial score (nSPS) is 10.0. The number of anilines is 1. The zero-order chi connectivity index (χ0) is 12.1. The van der Waals surface area contributed by atoms with Gasteiger partial charge in [0.05, 0.1) is 5.69 Å². The molecule has 0 heterocycles. The lowest BCUT2D eigenvalue weighted by molar-refractivity contribution is 0.223. The maximum absolute atomic E-state index is 13.4. The summed E-state index contributed by atoms with van der Waals surface area (Å²) in [6.07, 6.45) is 0. The Hall–Kier alpha value is -1.62. The molecular formula is C11H16FN3O. The van der Waals surface area contributed by atoms with Gasteiger partial charge in [0.15, 0.2) is 0 Å². The second-order valence-corrected chi connectivity index (χ2v) is 3.62. The third-order valence-corrected chi connectivity index (χ3v) is 2.18. The molecule has 0 bridgehead atoms. The first-order valence-corrected chi connectivity index (χ1v) is 5.03. The van der Waals surface area contributed by atoms with E-state index in [9.17, 15) is 9.18 Å². The molecule has 0 aliphatic heterocycles. The molecular weight excluding hydrogens is 209 g/mol. The fourth-order valence-electron chi connectivity index (χ4n) is 1.23. The molecule has 0 unspecified atom stereocenters. The Morgan fingerprint density at radius 2 is 2.25 bits per heavy atom. The molecule has 0 aromatic heterocycles. The predicted octanol–water partition coefficient (Wildman–Crippen LogP) is 1.56. The summed E-state index contributed by atoms with van der Waals surface area (Å²) in [5.74, 6) is -0.436. The van der Waals surface area contributed by atoms with Crippen LogP contribution in [0.25, 0.3) is 0 Å². The smallest absolute Gasteiger partial charge is 0.321 e. The monoisotopic (exact) mass is 225 g/mol. The quantitative estimate of drug-likeness (QED) is 0.820. The van der Waals surface area contributed by atoms with Gasteiger partial charge in [0.2, 0.25) is 0 Å². The third kappa shape index (κ3) is 3.20. The number of nitrogens with zero attached hydrogens (tertiary/aromatic N) is 1. The highest BCUT2D eigenvalue weighted by Crippen LogP contribution is 2.15. The highest BCUT2D eigenvalue weighted by molar-refractivity contribution is 5.89. The van der Waals surface area contributed by atoms with Crippen molar-refractivity contribution < 1.29 is 9.18 Å². The highest BCUT2D eigenvalue weighted by Gasteiger charge is 2.10. The van der Waals surface area contributed by atoms with Crippen LogP contribution in [0.3, 0.4) is 0 Å². The zero-order valence-electron chi connectivity index (χ0n) is 9.46. The summed E-state index contributed by atoms with van der Waals surface area (Å²) in [4.78, 5) is 12.9. The molecule has 88 valence electrons. The van der Waals surface area contributed by atoms with E-state index in [0.717, 1.165) is 5.56 Å². The third-order valence-electron chi connectivity index (χ3n) is 2.18. The molecule has 1 aromatic carbocycles. The van der Waals surface area contributed by atoms with Gasteiger partial charge in [0, 0.05) is 20.1 Å². The van der Waals surface area contributed by atoms with Crippen molar-refractivity contribution in [3.8, 4) is 0 Å². The lowest BCUT2D eigenvalue weighted by Crippen LogP contribution is -2.35. The molecule has 0 saturated heterocycles. The molecule has 5 heteroatoms. The van der Waals surface area contributed by atoms with E-state index >= 15 is 0 Å². The van der Waals surface area contributed by atoms with E-state index in [2.05, 4.69) is 5.32 Å². The maximum atomic E-state index is 13.4. The van der Waals surface area contributed by atoms with Crippen LogP contribution < -0.4 is 11.1 Å². The molecule has 0 aliphatic carbocycles. The molecule has 16 heavy (non-hydrogen) atoms. The number of amides is 2. The average Bonchev–Trinajstić information content (AvgIpc) is 2.22. The standard InChI is InChI=1S/C11H16FN3O/c1-8-3-4-10(9(12)7-8)14-11(16)15(2)6-5-13/h3-4,7H,5-6,13H2,1-2H3,(H,14,16). The average molecular weight is 225 g/mol. The van der Waals surface area contributed by atoms with E-state index in [1.807, 2.05) is 0 Å². The molecule has 4 nitrogen and oxygen atoms in total. The molecule has 1 aromatic rings. The van der Waals surface area contributed by atoms with Crippen LogP contribution in [-0.2, 0) is 0 Å². The van der Waals surface area contributed by atoms with Crippen LogP contribution in [-0.4, -0.2) is 31.1 Å². The Balaban J connectivity index is 2.69. The number of halogens is 1. The number of hydrogen-bond donors (Lipinski definition) is 2. The van der Waals surface area contributed by atoms with Crippen molar-refractivity contribution in [1.82, 2.24) is 4.90 Å². The van der Waals surface area contributed by atoms with Crippen LogP contribution in [0.1, 0.15) is 5.56 Å². The Kier molecular flexibility index (Phi) is 4.25. The van der Waals surface area contributed by atoms with E-state index < -0.39 is 5.82 Å². The Bertz CT molecular complexity index is 381. The van der Waals surface area contributed by atoms with Crippen LogP contribution in [0.2, 0.25) is 0 Å². The van der Waals surface area contributed by atoms with Gasteiger partial charge in [0.1, 0.15) is 5.82 Å². The number of carbonyl (C=O) groups excluding carboxylic acids is 1. The van der Waals surface area contributed by atoms with Gasteiger partial charge >= 0.3 is 6.03 Å². The molecule has 0 radical (unpaired) electrons. The fourth-order valence-corrected chi connectivity index (χ4v) is 1.23. The number of hydrogen-bond acceptors (Lipinski definition) is 2. The first-order chi connectivity index (χ1) is 7.54. The Labute approximate surface area is 94.2 Å². The van der Waals surface area contributed by atoms with E-state index in [1.54, 1.807) is 26.1 Å². The van der Waals surface area contributed by atoms with E-state index in [-0.39, 0.29) is 11.7 Å². The summed E-state index contributed by atoms with van der Waals surface area (Å²) in [6, 6.07) is 4.28. The van der Waals surface area contributed by atoms with Crippen molar-refractivity contribution in [2.24, 2.45) is 5.73 Å². The number of carbonyl (C=O) groups is 1. The van der Waals surface area contributed by atoms with Crippen LogP contribution in [0.4, 0.5) is 14.9 Å². The molecule has 0 saturated carbocycles. The van der Waals surface area contributed by atoms with E-state index in [4.69, 9.17) is 5.73 Å². The van der Waals surface area contributed by atoms with Gasteiger partial charge in [-0.2, -0.15) is 0 Å². The summed E-state index contributed by atoms with van der Waals surface area (Å²) >= 11 is 0. The number of nitrogens with one attached hydrogen (secondary N) is 1. The summed E-state index contributed by atoms with van der Waals surface area (Å²) in [5, 5.41) is 2.48. The second kappa shape index (κ2) is 5.46. The molecule has 0 atom stereocenters. The maximum Gasteiger partial charge on any atom is 0.321 e. The van der Waals surface area contributed by atoms with Gasteiger partial charge in [-0.1, -0.05) is 6.07 Å². The molecule has 1 rings (SSSR count). The summed E-state index contributed by atoms with van der Waals surface area (Å²) in [6.45, 7) is 2.59. The van der Waals surface area contributed by atoms with Gasteiger partial charge in [-0.25, -0.2) is 9.18 Å². The van der Waals surface area contributed by atoms with Crippen molar-refractivity contribution in [3.05, 3.63) is 29.6 Å². The molecule has 0 aliphatic rings. The topological polar surface area (TPSA) is 58.4 Å². The first-order valence-electron chi connectivity index (χ1n) is 5.03. The zero-order valence-corrected chi connectivity index (χ0v) is 9.46. The Morgan fingerprint density at radius 1 is 1.56 bits per heavy atom. The first kappa shape index (κ1) is 12.4. The van der Waals surface area contributed by atoms with Gasteiger partial charge in [-0.05, 0) is 24.6 Å². The van der Waals surface area contributed by atoms with Gasteiger partial charge in [-0.3, -0.25) is 0 Å². The number of nitrogens with two attached hydrogens (primary N) is 1. The minimum absolute atomic E-state index is 0.180. The minimum Gasteiger partial charge on any atom is -0.329 e. The van der Waals surface area contributed by atoms with Crippen molar-refractivity contribution >= 4 is 11.7 Å². The SMILES string of the molecule is Cc1ccc(NC(=O)N(C)CCN)c(F)c1. The lowest BCUT2D eigenvalue weighted by atomic mass is 10.2. The summed E-state index contributed by atoms with van der Waals surface area (Å²) in [5.41, 5.74) is 6.31. The van der Waals surface area contributed by atoms with Gasteiger partial charge in [0.25, 0.3) is 0 Å². The number of urea groups is 1. The van der Waals surface area contributed by atoms with Gasteiger partial charge < -0.3 is 16.0 Å². The van der Waals surface area contributed by atoms with Crippen LogP contribution >= 0.6 is 0 Å². The Morgan fingerprint density at radius 3 is 2.81 bits per heavy atom. The predicted molar refractivity (Wildman–Crippen MR) is 61.8 cm³/mol. The lowest BCUT2D eigenvalue weighted by Gasteiger charge is -2.17. The van der Waals surface area contributed by atoms with E-state index in [1.165, 1.54) is 11.0 Å². The van der Waals surface area contributed by atoms with Crippen molar-refractivity contribution in [3.63, 3.8) is 0 Å². The molecule has 2 amide bonds. The summed E-state index contributed by atoms with van der Waals surface area (Å²) in [7, 11) is 1.61. The number of likely N-dealkylation sites (N-methyl/N-ethyl adjacent to an activating group) is 1. The number of benzene rings is 1. The minimum atomic E-state index is -0.436. The number of aryl methyl sites for hydroxylation is 1. The highest BCUT2D eigenvalue weighted by atomic mass is 19.1. The van der Waals surface area contributed by atoms with Gasteiger partial charge in [-0.15, -0.1) is 0 Å². The van der Waals surface area contributed by atoms with Crippen LogP contribution in [0, 0.1) is 12.7 Å². The van der Waals surface area contributed by atoms with E-state index in [0.29, 0.717) is 13.1 Å².